The predicted molar refractivity (Wildman–Crippen MR) is 88.1 cm³/mol. The molecule has 1 aliphatic carbocycles. The number of carbonyl (C=O) groups is 1. The maximum absolute atomic E-state index is 12.2. The molecule has 0 aliphatic heterocycles. The van der Waals surface area contributed by atoms with Crippen LogP contribution in [0.3, 0.4) is 0 Å². The quantitative estimate of drug-likeness (QED) is 0.826. The van der Waals surface area contributed by atoms with Gasteiger partial charge in [0.25, 0.3) is 0 Å². The van der Waals surface area contributed by atoms with Crippen LogP contribution in [0.5, 0.6) is 0 Å². The second-order valence-electron chi connectivity index (χ2n) is 6.82. The highest BCUT2D eigenvalue weighted by Crippen LogP contribution is 2.36. The van der Waals surface area contributed by atoms with Crippen molar-refractivity contribution in [1.29, 1.82) is 0 Å². The van der Waals surface area contributed by atoms with Crippen LogP contribution in [-0.2, 0) is 4.79 Å². The van der Waals surface area contributed by atoms with Gasteiger partial charge < -0.3 is 11.1 Å². The number of rotatable bonds is 4. The normalized spacial score (nSPS) is 26.4. The summed E-state index contributed by atoms with van der Waals surface area (Å²) in [5.74, 6) is 1.16. The molecule has 3 heteroatoms. The molecule has 0 saturated heterocycles. The number of amides is 1. The summed E-state index contributed by atoms with van der Waals surface area (Å²) in [4.78, 5) is 12.2. The molecule has 0 radical (unpaired) electrons. The lowest BCUT2D eigenvalue weighted by Crippen LogP contribution is -2.50. The van der Waals surface area contributed by atoms with Crippen LogP contribution in [0.2, 0.25) is 0 Å². The van der Waals surface area contributed by atoms with Crippen LogP contribution in [0.15, 0.2) is 24.3 Å². The smallest absolute Gasteiger partial charge is 0.243 e. The lowest BCUT2D eigenvalue weighted by atomic mass is 9.86. The molecule has 1 aromatic carbocycles. The Hall–Kier alpha value is -1.51. The third-order valence-electron chi connectivity index (χ3n) is 5.05. The van der Waals surface area contributed by atoms with E-state index in [2.05, 4.69) is 32.2 Å². The van der Waals surface area contributed by atoms with Crippen molar-refractivity contribution in [3.8, 4) is 0 Å². The zero-order valence-corrected chi connectivity index (χ0v) is 13.5. The minimum atomic E-state index is -0.588. The summed E-state index contributed by atoms with van der Waals surface area (Å²) in [5.41, 5.74) is 7.38. The molecule has 1 aromatic rings. The molecular formula is C18H28N2O. The summed E-state index contributed by atoms with van der Waals surface area (Å²) >= 11 is 0. The Morgan fingerprint density at radius 2 is 2.00 bits per heavy atom. The second kappa shape index (κ2) is 6.50. The van der Waals surface area contributed by atoms with Crippen LogP contribution in [0.25, 0.3) is 0 Å². The Bertz CT molecular complexity index is 498. The van der Waals surface area contributed by atoms with Crippen LogP contribution in [-0.4, -0.2) is 11.4 Å². The van der Waals surface area contributed by atoms with Gasteiger partial charge in [0.15, 0.2) is 0 Å². The van der Waals surface area contributed by atoms with Crippen LogP contribution < -0.4 is 11.1 Å². The van der Waals surface area contributed by atoms with Crippen molar-refractivity contribution >= 4 is 11.6 Å². The van der Waals surface area contributed by atoms with Gasteiger partial charge >= 0.3 is 0 Å². The number of hydrogen-bond donors (Lipinski definition) is 2. The summed E-state index contributed by atoms with van der Waals surface area (Å²) in [7, 11) is 0. The first-order valence-corrected chi connectivity index (χ1v) is 8.08. The van der Waals surface area contributed by atoms with Crippen molar-refractivity contribution in [2.24, 2.45) is 17.6 Å². The third kappa shape index (κ3) is 3.58. The largest absolute Gasteiger partial charge is 0.371 e. The Morgan fingerprint density at radius 1 is 1.29 bits per heavy atom. The van der Waals surface area contributed by atoms with Crippen LogP contribution in [0.1, 0.15) is 51.5 Å². The van der Waals surface area contributed by atoms with E-state index < -0.39 is 5.54 Å². The molecule has 0 spiro atoms. The second-order valence-corrected chi connectivity index (χ2v) is 6.82. The van der Waals surface area contributed by atoms with Crippen LogP contribution in [0.4, 0.5) is 5.69 Å². The number of carbonyl (C=O) groups excluding carboxylic acids is 1. The van der Waals surface area contributed by atoms with Gasteiger partial charge in [-0.25, -0.2) is 0 Å². The van der Waals surface area contributed by atoms with E-state index in [4.69, 9.17) is 5.73 Å². The Morgan fingerprint density at radius 3 is 2.62 bits per heavy atom. The first-order chi connectivity index (χ1) is 9.94. The fraction of sp³-hybridized carbons (Fsp3) is 0.611. The van der Waals surface area contributed by atoms with Gasteiger partial charge in [-0.1, -0.05) is 44.9 Å². The average Bonchev–Trinajstić information content (AvgIpc) is 2.65. The fourth-order valence-electron chi connectivity index (χ4n) is 3.44. The van der Waals surface area contributed by atoms with Crippen molar-refractivity contribution in [2.45, 2.75) is 58.4 Å². The Balaban J connectivity index is 2.21. The lowest BCUT2D eigenvalue weighted by molar-refractivity contribution is -0.122. The molecule has 1 aliphatic rings. The van der Waals surface area contributed by atoms with Gasteiger partial charge in [0.2, 0.25) is 5.91 Å². The third-order valence-corrected chi connectivity index (χ3v) is 5.05. The number of benzene rings is 1. The van der Waals surface area contributed by atoms with E-state index in [0.29, 0.717) is 11.8 Å². The molecule has 2 atom stereocenters. The highest BCUT2D eigenvalue weighted by atomic mass is 16.1. The Labute approximate surface area is 128 Å². The minimum Gasteiger partial charge on any atom is -0.371 e. The fourth-order valence-corrected chi connectivity index (χ4v) is 3.44. The van der Waals surface area contributed by atoms with Crippen LogP contribution >= 0.6 is 0 Å². The predicted octanol–water partition coefficient (Wildman–Crippen LogP) is 3.87. The van der Waals surface area contributed by atoms with E-state index in [-0.39, 0.29) is 5.91 Å². The van der Waals surface area contributed by atoms with Gasteiger partial charge in [-0.3, -0.25) is 4.79 Å². The lowest BCUT2D eigenvalue weighted by Gasteiger charge is -2.32. The summed E-state index contributed by atoms with van der Waals surface area (Å²) in [6.07, 6.45) is 4.99. The van der Waals surface area contributed by atoms with E-state index in [1.807, 2.05) is 18.2 Å². The van der Waals surface area contributed by atoms with Crippen LogP contribution in [0, 0.1) is 18.8 Å². The molecule has 1 saturated carbocycles. The molecule has 1 fully saturated rings. The van der Waals surface area contributed by atoms with Crippen molar-refractivity contribution < 1.29 is 4.79 Å². The summed E-state index contributed by atoms with van der Waals surface area (Å²) in [5, 5.41) is 3.49. The number of hydrogen-bond acceptors (Lipinski definition) is 2. The summed E-state index contributed by atoms with van der Waals surface area (Å²) < 4.78 is 0. The molecule has 0 heterocycles. The average molecular weight is 288 g/mol. The molecule has 0 bridgehead atoms. The molecule has 3 nitrogen and oxygen atoms in total. The summed E-state index contributed by atoms with van der Waals surface area (Å²) in [6, 6.07) is 8.10. The van der Waals surface area contributed by atoms with Gasteiger partial charge in [-0.05, 0) is 49.7 Å². The minimum absolute atomic E-state index is 0.213. The van der Waals surface area contributed by atoms with E-state index in [1.165, 1.54) is 6.42 Å². The molecule has 116 valence electrons. The van der Waals surface area contributed by atoms with Gasteiger partial charge in [-0.15, -0.1) is 0 Å². The van der Waals surface area contributed by atoms with Crippen molar-refractivity contribution in [1.82, 2.24) is 0 Å². The van der Waals surface area contributed by atoms with E-state index in [1.54, 1.807) is 0 Å². The number of nitrogens with one attached hydrogen (secondary N) is 1. The van der Waals surface area contributed by atoms with Crippen molar-refractivity contribution in [3.05, 3.63) is 29.8 Å². The highest BCUT2D eigenvalue weighted by molar-refractivity contribution is 5.88. The standard InChI is InChI=1S/C18H28N2O/c1-13(2)15-8-6-11-18(12-10-15,17(19)21)20-16-9-5-4-7-14(16)3/h4-5,7,9,13,15,20H,6,8,10-12H2,1-3H3,(H2,19,21). The van der Waals surface area contributed by atoms with Gasteiger partial charge in [0.1, 0.15) is 5.54 Å². The van der Waals surface area contributed by atoms with Gasteiger partial charge in [-0.2, -0.15) is 0 Å². The zero-order chi connectivity index (χ0) is 15.5. The maximum Gasteiger partial charge on any atom is 0.243 e. The molecule has 21 heavy (non-hydrogen) atoms. The Kier molecular flexibility index (Phi) is 4.92. The van der Waals surface area contributed by atoms with Crippen molar-refractivity contribution in [3.63, 3.8) is 0 Å². The first-order valence-electron chi connectivity index (χ1n) is 8.08. The molecule has 2 rings (SSSR count). The first kappa shape index (κ1) is 15.9. The number of primary amides is 1. The number of anilines is 1. The number of para-hydroxylation sites is 1. The van der Waals surface area contributed by atoms with Gasteiger partial charge in [0, 0.05) is 5.69 Å². The molecule has 0 aromatic heterocycles. The summed E-state index contributed by atoms with van der Waals surface area (Å²) in [6.45, 7) is 6.61. The molecule has 3 N–H and O–H groups in total. The maximum atomic E-state index is 12.2. The van der Waals surface area contributed by atoms with E-state index in [0.717, 1.165) is 36.9 Å². The number of nitrogens with two attached hydrogens (primary N) is 1. The number of aryl methyl sites for hydroxylation is 1. The molecule has 1 amide bonds. The van der Waals surface area contributed by atoms with Crippen molar-refractivity contribution in [2.75, 3.05) is 5.32 Å². The highest BCUT2D eigenvalue weighted by Gasteiger charge is 2.39. The molecular weight excluding hydrogens is 260 g/mol. The monoisotopic (exact) mass is 288 g/mol. The van der Waals surface area contributed by atoms with E-state index >= 15 is 0 Å². The van der Waals surface area contributed by atoms with E-state index in [9.17, 15) is 4.79 Å². The SMILES string of the molecule is Cc1ccccc1NC1(C(N)=O)CCCC(C(C)C)CC1. The van der Waals surface area contributed by atoms with Gasteiger partial charge in [0.05, 0.1) is 0 Å². The topological polar surface area (TPSA) is 55.1 Å². The molecule has 2 unspecified atom stereocenters. The zero-order valence-electron chi connectivity index (χ0n) is 13.5.